The van der Waals surface area contributed by atoms with E-state index in [9.17, 15) is 24.2 Å². The van der Waals surface area contributed by atoms with Gasteiger partial charge in [-0.3, -0.25) is 9.59 Å². The van der Waals surface area contributed by atoms with E-state index in [1.54, 1.807) is 0 Å². The highest BCUT2D eigenvalue weighted by Gasteiger charge is 2.47. The van der Waals surface area contributed by atoms with E-state index < -0.39 is 17.7 Å². The van der Waals surface area contributed by atoms with Crippen molar-refractivity contribution in [3.8, 4) is 5.88 Å². The van der Waals surface area contributed by atoms with Gasteiger partial charge in [0, 0.05) is 53.4 Å². The van der Waals surface area contributed by atoms with Crippen molar-refractivity contribution in [2.24, 2.45) is 0 Å². The number of rotatable bonds is 5. The zero-order valence-electron chi connectivity index (χ0n) is 21.4. The van der Waals surface area contributed by atoms with Gasteiger partial charge in [-0.25, -0.2) is 0 Å². The molecule has 2 heterocycles. The average molecular weight is 525 g/mol. The maximum absolute atomic E-state index is 13.9. The third-order valence-electron chi connectivity index (χ3n) is 8.24. The molecule has 2 atom stereocenters. The normalized spacial score (nSPS) is 23.1. The molecule has 6 rings (SSSR count). The summed E-state index contributed by atoms with van der Waals surface area (Å²) >= 11 is 0. The number of pyridine rings is 1. The number of allylic oxidation sites excluding steroid dienone is 4. The van der Waals surface area contributed by atoms with Crippen molar-refractivity contribution in [2.75, 3.05) is 13.2 Å². The molecule has 1 aromatic heterocycles. The molecule has 2 aromatic carbocycles. The number of carbonyl (C=O) groups excluding carboxylic acids is 2. The van der Waals surface area contributed by atoms with Crippen LogP contribution in [0.3, 0.4) is 0 Å². The molecule has 2 aliphatic carbocycles. The molecule has 39 heavy (non-hydrogen) atoms. The van der Waals surface area contributed by atoms with Gasteiger partial charge in [-0.05, 0) is 47.9 Å². The molecule has 1 aliphatic heterocycles. The van der Waals surface area contributed by atoms with Crippen molar-refractivity contribution in [3.05, 3.63) is 118 Å². The molecule has 7 heteroatoms. The molecule has 0 bridgehead atoms. The number of halogens is 1. The van der Waals surface area contributed by atoms with Crippen LogP contribution in [-0.4, -0.2) is 44.8 Å². The summed E-state index contributed by atoms with van der Waals surface area (Å²) in [5.74, 6) is -2.57. The minimum Gasteiger partial charge on any atom is -0.493 e. The first-order chi connectivity index (χ1) is 19.0. The van der Waals surface area contributed by atoms with Gasteiger partial charge in [0.2, 0.25) is 11.8 Å². The third-order valence-corrected chi connectivity index (χ3v) is 8.24. The van der Waals surface area contributed by atoms with Gasteiger partial charge in [0.15, 0.2) is 11.6 Å². The van der Waals surface area contributed by atoms with Gasteiger partial charge in [0.05, 0.1) is 6.61 Å². The van der Waals surface area contributed by atoms with Crippen LogP contribution in [0.25, 0.3) is 0 Å². The van der Waals surface area contributed by atoms with Crippen LogP contribution in [-0.2, 0) is 9.59 Å². The molecule has 0 radical (unpaired) electrons. The molecular weight excluding hydrogens is 495 g/mol. The van der Waals surface area contributed by atoms with Gasteiger partial charge in [0.25, 0.3) is 0 Å². The van der Waals surface area contributed by atoms with Crippen LogP contribution in [0.15, 0.2) is 95.3 Å². The monoisotopic (exact) mass is 524 g/mol. The van der Waals surface area contributed by atoms with Gasteiger partial charge >= 0.3 is 0 Å². The number of aliphatic hydroxyl groups is 1. The fraction of sp³-hybridized carbons (Fsp3) is 0.281. The molecular formula is C32H29FN2O4. The number of nitrogens with zero attached hydrogens (tertiary/aromatic N) is 2. The Kier molecular flexibility index (Phi) is 6.61. The van der Waals surface area contributed by atoms with Crippen LogP contribution in [0.2, 0.25) is 0 Å². The Morgan fingerprint density at radius 1 is 0.769 bits per heavy atom. The lowest BCUT2D eigenvalue weighted by molar-refractivity contribution is -0.117. The zero-order valence-corrected chi connectivity index (χ0v) is 21.4. The molecule has 3 aromatic rings. The number of ketones is 2. The molecule has 2 unspecified atom stereocenters. The van der Waals surface area contributed by atoms with Gasteiger partial charge < -0.3 is 15.1 Å². The fourth-order valence-corrected chi connectivity index (χ4v) is 6.56. The summed E-state index contributed by atoms with van der Waals surface area (Å²) in [5.41, 5.74) is 4.72. The standard InChI is InChI=1S/C32H29FN2O4/c33-28-12-11-23(32(39)34-28)29-30-24(15-21(17-26(30)37)19-7-3-1-4-8-19)35(13-14-36)25-16-22(18-27(38)31(25)29)20-9-5-2-6-10-20/h1-12,21-22,29,36H,13-18H2,(H,34,39). The first kappa shape index (κ1) is 25.2. The second-order valence-electron chi connectivity index (χ2n) is 10.5. The highest BCUT2D eigenvalue weighted by Crippen LogP contribution is 2.53. The van der Waals surface area contributed by atoms with Crippen LogP contribution in [0.5, 0.6) is 5.88 Å². The van der Waals surface area contributed by atoms with E-state index in [-0.39, 0.29) is 55.0 Å². The maximum atomic E-state index is 13.9. The van der Waals surface area contributed by atoms with Crippen LogP contribution in [0.1, 0.15) is 60.1 Å². The summed E-state index contributed by atoms with van der Waals surface area (Å²) in [6, 6.07) is 22.3. The number of hydrogen-bond donors (Lipinski definition) is 2. The molecule has 2 N–H and O–H groups in total. The van der Waals surface area contributed by atoms with Gasteiger partial charge in [0.1, 0.15) is 0 Å². The summed E-state index contributed by atoms with van der Waals surface area (Å²) in [4.78, 5) is 33.5. The van der Waals surface area contributed by atoms with Crippen LogP contribution in [0, 0.1) is 5.95 Å². The molecule has 0 fully saturated rings. The van der Waals surface area contributed by atoms with Crippen LogP contribution >= 0.6 is 0 Å². The van der Waals surface area contributed by atoms with E-state index in [0.717, 1.165) is 28.6 Å². The van der Waals surface area contributed by atoms with E-state index in [4.69, 9.17) is 0 Å². The topological polar surface area (TPSA) is 90.7 Å². The lowest BCUT2D eigenvalue weighted by Gasteiger charge is -2.46. The first-order valence-electron chi connectivity index (χ1n) is 13.3. The van der Waals surface area contributed by atoms with Gasteiger partial charge in [-0.1, -0.05) is 60.7 Å². The number of aromatic nitrogens is 1. The smallest absolute Gasteiger partial charge is 0.217 e. The van der Waals surface area contributed by atoms with Gasteiger partial charge in [-0.15, -0.1) is 0 Å². The van der Waals surface area contributed by atoms with E-state index in [0.29, 0.717) is 24.0 Å². The second kappa shape index (κ2) is 10.2. The molecule has 0 amide bonds. The molecule has 198 valence electrons. The summed E-state index contributed by atoms with van der Waals surface area (Å²) in [5, 5.41) is 20.9. The van der Waals surface area contributed by atoms with Crippen molar-refractivity contribution >= 4 is 11.6 Å². The number of carbonyl (C=O) groups is 2. The van der Waals surface area contributed by atoms with E-state index >= 15 is 0 Å². The predicted molar refractivity (Wildman–Crippen MR) is 143 cm³/mol. The minimum atomic E-state index is -0.841. The second-order valence-corrected chi connectivity index (χ2v) is 10.5. The first-order valence-corrected chi connectivity index (χ1v) is 13.3. The molecule has 0 spiro atoms. The Bertz CT molecular complexity index is 1410. The van der Waals surface area contributed by atoms with Crippen molar-refractivity contribution in [1.82, 2.24) is 9.88 Å². The number of aliphatic hydroxyl groups excluding tert-OH is 1. The summed E-state index contributed by atoms with van der Waals surface area (Å²) < 4.78 is 13.9. The maximum Gasteiger partial charge on any atom is 0.217 e. The Morgan fingerprint density at radius 3 is 1.74 bits per heavy atom. The Morgan fingerprint density at radius 2 is 1.28 bits per heavy atom. The SMILES string of the molecule is O=C1CC(c2ccccc2)CC2=C1C(c1ccc(F)nc1O)C1=C(CC(c3ccccc3)CC1=O)N2CCO. The fourth-order valence-electron chi connectivity index (χ4n) is 6.56. The number of hydrogen-bond acceptors (Lipinski definition) is 6. The quantitative estimate of drug-likeness (QED) is 0.451. The Labute approximate surface area is 226 Å². The number of benzene rings is 2. The van der Waals surface area contributed by atoms with Crippen LogP contribution in [0.4, 0.5) is 4.39 Å². The molecule has 6 nitrogen and oxygen atoms in total. The number of β-amino-alcohol motifs (C(OH)–C–C–N with tert-alkyl or cyclic N) is 1. The van der Waals surface area contributed by atoms with Crippen molar-refractivity contribution in [2.45, 2.75) is 43.4 Å². The highest BCUT2D eigenvalue weighted by atomic mass is 19.1. The third kappa shape index (κ3) is 4.46. The lowest BCUT2D eigenvalue weighted by Crippen LogP contribution is -2.42. The average Bonchev–Trinajstić information content (AvgIpc) is 2.94. The van der Waals surface area contributed by atoms with E-state index in [2.05, 4.69) is 4.98 Å². The number of aromatic hydroxyl groups is 1. The van der Waals surface area contributed by atoms with Crippen LogP contribution < -0.4 is 0 Å². The minimum absolute atomic E-state index is 0.0643. The predicted octanol–water partition coefficient (Wildman–Crippen LogP) is 5.12. The van der Waals surface area contributed by atoms with Crippen molar-refractivity contribution in [1.29, 1.82) is 0 Å². The number of Topliss-reactive ketones (excluding diaryl/α,β-unsaturated/α-hetero) is 2. The zero-order chi connectivity index (χ0) is 27.1. The summed E-state index contributed by atoms with van der Waals surface area (Å²) in [6.07, 6.45) is 1.59. The van der Waals surface area contributed by atoms with Crippen molar-refractivity contribution in [3.63, 3.8) is 0 Å². The summed E-state index contributed by atoms with van der Waals surface area (Å²) in [7, 11) is 0. The summed E-state index contributed by atoms with van der Waals surface area (Å²) in [6.45, 7) is 0.0809. The molecule has 0 saturated heterocycles. The van der Waals surface area contributed by atoms with Gasteiger partial charge in [-0.2, -0.15) is 9.37 Å². The van der Waals surface area contributed by atoms with Crippen molar-refractivity contribution < 1.29 is 24.2 Å². The van der Waals surface area contributed by atoms with E-state index in [1.165, 1.54) is 6.07 Å². The molecule has 0 saturated carbocycles. The lowest BCUT2D eigenvalue weighted by atomic mass is 9.67. The Balaban J connectivity index is 1.54. The Hall–Kier alpha value is -4.10. The largest absolute Gasteiger partial charge is 0.493 e. The highest BCUT2D eigenvalue weighted by molar-refractivity contribution is 6.07. The van der Waals surface area contributed by atoms with E-state index in [1.807, 2.05) is 65.6 Å². The molecule has 3 aliphatic rings.